The number of rotatable bonds is 8. The Bertz CT molecular complexity index is 588. The van der Waals surface area contributed by atoms with Gasteiger partial charge < -0.3 is 15.4 Å². The number of nitrogens with zero attached hydrogens (tertiary/aromatic N) is 2. The second kappa shape index (κ2) is 8.22. The zero-order valence-corrected chi connectivity index (χ0v) is 13.5. The molecule has 0 aliphatic carbocycles. The molecule has 1 atom stereocenters. The van der Waals surface area contributed by atoms with E-state index in [9.17, 15) is 0 Å². The van der Waals surface area contributed by atoms with Crippen molar-refractivity contribution < 1.29 is 4.74 Å². The molecular formula is C17H24N4O. The predicted molar refractivity (Wildman–Crippen MR) is 90.6 cm³/mol. The fraction of sp³-hybridized carbons (Fsp3) is 0.412. The van der Waals surface area contributed by atoms with Gasteiger partial charge in [-0.15, -0.1) is 0 Å². The average Bonchev–Trinajstić information content (AvgIpc) is 2.55. The molecule has 0 spiro atoms. The molecule has 118 valence electrons. The molecule has 1 unspecified atom stereocenters. The lowest BCUT2D eigenvalue weighted by atomic mass is 10.1. The van der Waals surface area contributed by atoms with Crippen molar-refractivity contribution in [1.82, 2.24) is 9.97 Å². The van der Waals surface area contributed by atoms with Gasteiger partial charge in [-0.3, -0.25) is 0 Å². The van der Waals surface area contributed by atoms with Gasteiger partial charge in [0.25, 0.3) is 0 Å². The lowest BCUT2D eigenvalue weighted by Gasteiger charge is -2.13. The fourth-order valence-corrected chi connectivity index (χ4v) is 2.05. The number of hydrogen-bond acceptors (Lipinski definition) is 5. The van der Waals surface area contributed by atoms with Crippen molar-refractivity contribution in [2.75, 3.05) is 24.3 Å². The van der Waals surface area contributed by atoms with Gasteiger partial charge >= 0.3 is 0 Å². The van der Waals surface area contributed by atoms with Crippen LogP contribution in [0.1, 0.15) is 25.8 Å². The first-order valence-electron chi connectivity index (χ1n) is 7.66. The normalized spacial score (nSPS) is 11.8. The monoisotopic (exact) mass is 300 g/mol. The first-order valence-corrected chi connectivity index (χ1v) is 7.66. The topological polar surface area (TPSA) is 59.1 Å². The summed E-state index contributed by atoms with van der Waals surface area (Å²) < 4.78 is 5.23. The van der Waals surface area contributed by atoms with Gasteiger partial charge in [-0.1, -0.05) is 19.1 Å². The van der Waals surface area contributed by atoms with Crippen LogP contribution in [-0.2, 0) is 6.42 Å². The van der Waals surface area contributed by atoms with Crippen LogP contribution in [0.25, 0.3) is 0 Å². The van der Waals surface area contributed by atoms with Crippen LogP contribution in [0.2, 0.25) is 0 Å². The average molecular weight is 300 g/mol. The van der Waals surface area contributed by atoms with E-state index in [0.717, 1.165) is 36.8 Å². The molecule has 0 bridgehead atoms. The third kappa shape index (κ3) is 4.91. The van der Waals surface area contributed by atoms with Crippen molar-refractivity contribution in [1.29, 1.82) is 0 Å². The first-order chi connectivity index (χ1) is 10.7. The van der Waals surface area contributed by atoms with Crippen LogP contribution in [0.4, 0.5) is 11.6 Å². The summed E-state index contributed by atoms with van der Waals surface area (Å²) in [6.07, 6.45) is 3.55. The van der Waals surface area contributed by atoms with Crippen LogP contribution in [-0.4, -0.2) is 29.7 Å². The molecule has 0 aliphatic heterocycles. The molecule has 1 heterocycles. The SMILES string of the molecule is CCC(C)Nc1cc(NCCc2cccc(OC)c2)ncn1. The fourth-order valence-electron chi connectivity index (χ4n) is 2.05. The van der Waals surface area contributed by atoms with Gasteiger partial charge in [0.15, 0.2) is 0 Å². The van der Waals surface area contributed by atoms with Crippen molar-refractivity contribution in [3.8, 4) is 5.75 Å². The molecule has 22 heavy (non-hydrogen) atoms. The van der Waals surface area contributed by atoms with E-state index in [2.05, 4.69) is 46.6 Å². The van der Waals surface area contributed by atoms with E-state index >= 15 is 0 Å². The summed E-state index contributed by atoms with van der Waals surface area (Å²) in [5.41, 5.74) is 1.24. The molecule has 2 aromatic rings. The van der Waals surface area contributed by atoms with Crippen molar-refractivity contribution in [2.45, 2.75) is 32.7 Å². The molecule has 0 aliphatic rings. The Morgan fingerprint density at radius 2 is 2.00 bits per heavy atom. The van der Waals surface area contributed by atoms with Crippen LogP contribution < -0.4 is 15.4 Å². The first kappa shape index (κ1) is 16.1. The van der Waals surface area contributed by atoms with Gasteiger partial charge in [0.05, 0.1) is 7.11 Å². The highest BCUT2D eigenvalue weighted by molar-refractivity contribution is 5.47. The molecule has 2 N–H and O–H groups in total. The Morgan fingerprint density at radius 3 is 2.77 bits per heavy atom. The highest BCUT2D eigenvalue weighted by Crippen LogP contribution is 2.14. The molecule has 2 rings (SSSR count). The van der Waals surface area contributed by atoms with Gasteiger partial charge in [-0.2, -0.15) is 0 Å². The van der Waals surface area contributed by atoms with Crippen LogP contribution in [0.15, 0.2) is 36.7 Å². The smallest absolute Gasteiger partial charge is 0.131 e. The summed E-state index contributed by atoms with van der Waals surface area (Å²) in [5, 5.41) is 6.68. The minimum atomic E-state index is 0.402. The molecule has 1 aromatic carbocycles. The van der Waals surface area contributed by atoms with E-state index in [4.69, 9.17) is 4.74 Å². The molecule has 0 saturated heterocycles. The van der Waals surface area contributed by atoms with Gasteiger partial charge in [0.1, 0.15) is 23.7 Å². The summed E-state index contributed by atoms with van der Waals surface area (Å²) >= 11 is 0. The van der Waals surface area contributed by atoms with Crippen molar-refractivity contribution in [3.05, 3.63) is 42.2 Å². The standard InChI is InChI=1S/C17H24N4O/c1-4-13(2)21-17-11-16(19-12-20-17)18-9-8-14-6-5-7-15(10-14)22-3/h5-7,10-13H,4,8-9H2,1-3H3,(H2,18,19,20,21). The Hall–Kier alpha value is -2.30. The number of ether oxygens (including phenoxy) is 1. The van der Waals surface area contributed by atoms with Crippen molar-refractivity contribution >= 4 is 11.6 Å². The predicted octanol–water partition coefficient (Wildman–Crippen LogP) is 3.35. The van der Waals surface area contributed by atoms with Crippen molar-refractivity contribution in [2.24, 2.45) is 0 Å². The highest BCUT2D eigenvalue weighted by atomic mass is 16.5. The molecule has 0 amide bonds. The molecule has 5 heteroatoms. The van der Waals surface area contributed by atoms with E-state index in [1.807, 2.05) is 18.2 Å². The molecule has 0 saturated carbocycles. The minimum absolute atomic E-state index is 0.402. The maximum Gasteiger partial charge on any atom is 0.131 e. The number of nitrogens with one attached hydrogen (secondary N) is 2. The molecule has 1 aromatic heterocycles. The second-order valence-electron chi connectivity index (χ2n) is 5.27. The summed E-state index contributed by atoms with van der Waals surface area (Å²) in [5.74, 6) is 2.58. The Balaban J connectivity index is 1.87. The Kier molecular flexibility index (Phi) is 6.01. The van der Waals surface area contributed by atoms with Gasteiger partial charge in [-0.25, -0.2) is 9.97 Å². The third-order valence-electron chi connectivity index (χ3n) is 3.53. The molecule has 0 radical (unpaired) electrons. The number of methoxy groups -OCH3 is 1. The molecule has 5 nitrogen and oxygen atoms in total. The number of hydrogen-bond donors (Lipinski definition) is 2. The third-order valence-corrected chi connectivity index (χ3v) is 3.53. The molecule has 0 fully saturated rings. The highest BCUT2D eigenvalue weighted by Gasteiger charge is 2.02. The Morgan fingerprint density at radius 1 is 1.18 bits per heavy atom. The van der Waals surface area contributed by atoms with E-state index in [-0.39, 0.29) is 0 Å². The van der Waals surface area contributed by atoms with Gasteiger partial charge in [0, 0.05) is 18.7 Å². The van der Waals surface area contributed by atoms with Crippen LogP contribution in [0, 0.1) is 0 Å². The number of benzene rings is 1. The maximum atomic E-state index is 5.23. The van der Waals surface area contributed by atoms with Crippen LogP contribution in [0.5, 0.6) is 5.75 Å². The zero-order valence-electron chi connectivity index (χ0n) is 13.5. The second-order valence-corrected chi connectivity index (χ2v) is 5.27. The minimum Gasteiger partial charge on any atom is -0.497 e. The quantitative estimate of drug-likeness (QED) is 0.783. The largest absolute Gasteiger partial charge is 0.497 e. The lowest BCUT2D eigenvalue weighted by Crippen LogP contribution is -2.15. The van der Waals surface area contributed by atoms with Gasteiger partial charge in [-0.05, 0) is 37.5 Å². The lowest BCUT2D eigenvalue weighted by molar-refractivity contribution is 0.414. The van der Waals surface area contributed by atoms with Crippen LogP contribution >= 0.6 is 0 Å². The number of anilines is 2. The zero-order chi connectivity index (χ0) is 15.8. The van der Waals surface area contributed by atoms with Crippen molar-refractivity contribution in [3.63, 3.8) is 0 Å². The maximum absolute atomic E-state index is 5.23. The van der Waals surface area contributed by atoms with E-state index in [1.165, 1.54) is 5.56 Å². The van der Waals surface area contributed by atoms with Gasteiger partial charge in [0.2, 0.25) is 0 Å². The van der Waals surface area contributed by atoms with E-state index in [1.54, 1.807) is 13.4 Å². The van der Waals surface area contributed by atoms with E-state index < -0.39 is 0 Å². The summed E-state index contributed by atoms with van der Waals surface area (Å²) in [6.45, 7) is 5.09. The summed E-state index contributed by atoms with van der Waals surface area (Å²) in [6, 6.07) is 10.5. The number of aromatic nitrogens is 2. The van der Waals surface area contributed by atoms with E-state index in [0.29, 0.717) is 6.04 Å². The summed E-state index contributed by atoms with van der Waals surface area (Å²) in [4.78, 5) is 8.49. The van der Waals surface area contributed by atoms with Crippen LogP contribution in [0.3, 0.4) is 0 Å². The Labute approximate surface area is 132 Å². The molecular weight excluding hydrogens is 276 g/mol. The summed E-state index contributed by atoms with van der Waals surface area (Å²) in [7, 11) is 1.68.